The Morgan fingerprint density at radius 3 is 2.53 bits per heavy atom. The standard InChI is InChI=1S/C24H21F7N4O3/c1-10-16(11-4-5-12(25)17(26)18(11)37-3)19(38-22(10,2)24(29,30)31)20-33-13-6-14(32-7-15(13)34-20)21(36)35-8-23(27,28)9-35/h4-7,10,16,19H,8-9H2,1-3H3,(H,33,34)/t10-,16-,19+,22+/m0/s1. The van der Waals surface area contributed by atoms with Crippen LogP contribution in [0.2, 0.25) is 0 Å². The lowest BCUT2D eigenvalue weighted by molar-refractivity contribution is -0.275. The fourth-order valence-electron chi connectivity index (χ4n) is 5.05. The van der Waals surface area contributed by atoms with Crippen molar-refractivity contribution in [1.29, 1.82) is 0 Å². The molecule has 204 valence electrons. The zero-order valence-corrected chi connectivity index (χ0v) is 20.2. The third kappa shape index (κ3) is 3.96. The van der Waals surface area contributed by atoms with Crippen molar-refractivity contribution in [3.63, 3.8) is 0 Å². The summed E-state index contributed by atoms with van der Waals surface area (Å²) >= 11 is 0. The number of alkyl halides is 5. The maximum atomic E-state index is 14.6. The van der Waals surface area contributed by atoms with Crippen molar-refractivity contribution < 1.29 is 45.0 Å². The molecule has 38 heavy (non-hydrogen) atoms. The monoisotopic (exact) mass is 546 g/mol. The number of hydrogen-bond donors (Lipinski definition) is 1. The molecule has 0 bridgehead atoms. The van der Waals surface area contributed by atoms with E-state index in [2.05, 4.69) is 15.0 Å². The summed E-state index contributed by atoms with van der Waals surface area (Å²) in [5.41, 5.74) is -2.56. The number of nitrogens with one attached hydrogen (secondary N) is 1. The number of imidazole rings is 1. The van der Waals surface area contributed by atoms with Crippen LogP contribution in [-0.4, -0.2) is 63.7 Å². The first-order valence-corrected chi connectivity index (χ1v) is 11.5. The van der Waals surface area contributed by atoms with Crippen molar-refractivity contribution in [3.8, 4) is 5.75 Å². The second-order valence-corrected chi connectivity index (χ2v) is 9.67. The molecule has 4 heterocycles. The second-order valence-electron chi connectivity index (χ2n) is 9.67. The Morgan fingerprint density at radius 2 is 1.92 bits per heavy atom. The summed E-state index contributed by atoms with van der Waals surface area (Å²) in [7, 11) is 1.07. The first-order chi connectivity index (χ1) is 17.7. The number of likely N-dealkylation sites (tertiary alicyclic amines) is 1. The molecule has 1 amide bonds. The molecular weight excluding hydrogens is 525 g/mol. The molecular formula is C24H21F7N4O3. The normalized spacial score (nSPS) is 27.0. The molecule has 5 rings (SSSR count). The average molecular weight is 546 g/mol. The lowest BCUT2D eigenvalue weighted by Gasteiger charge is -2.38. The van der Waals surface area contributed by atoms with Gasteiger partial charge >= 0.3 is 6.18 Å². The van der Waals surface area contributed by atoms with Gasteiger partial charge in [-0.05, 0) is 19.1 Å². The van der Waals surface area contributed by atoms with Crippen molar-refractivity contribution in [2.75, 3.05) is 20.2 Å². The Bertz CT molecular complexity index is 1420. The molecule has 0 saturated carbocycles. The van der Waals surface area contributed by atoms with E-state index in [1.54, 1.807) is 0 Å². The minimum Gasteiger partial charge on any atom is -0.493 e. The number of amides is 1. The molecule has 0 spiro atoms. The van der Waals surface area contributed by atoms with Crippen LogP contribution in [0.5, 0.6) is 5.75 Å². The lowest BCUT2D eigenvalue weighted by Crippen LogP contribution is -2.58. The summed E-state index contributed by atoms with van der Waals surface area (Å²) in [5, 5.41) is 0. The predicted molar refractivity (Wildman–Crippen MR) is 118 cm³/mol. The first kappa shape index (κ1) is 26.2. The van der Waals surface area contributed by atoms with Gasteiger partial charge in [-0.1, -0.05) is 13.0 Å². The highest BCUT2D eigenvalue weighted by molar-refractivity contribution is 5.95. The molecule has 2 aliphatic heterocycles. The number of carbonyl (C=O) groups excluding carboxylic acids is 1. The van der Waals surface area contributed by atoms with Gasteiger partial charge in [-0.3, -0.25) is 4.79 Å². The van der Waals surface area contributed by atoms with E-state index >= 15 is 0 Å². The number of fused-ring (bicyclic) bond motifs is 1. The van der Waals surface area contributed by atoms with Gasteiger partial charge in [0.1, 0.15) is 17.6 Å². The average Bonchev–Trinajstić information content (AvgIpc) is 3.37. The van der Waals surface area contributed by atoms with Crippen LogP contribution in [0.4, 0.5) is 30.7 Å². The Balaban J connectivity index is 1.57. The van der Waals surface area contributed by atoms with Crippen LogP contribution < -0.4 is 4.74 Å². The van der Waals surface area contributed by atoms with E-state index in [0.717, 1.165) is 31.1 Å². The van der Waals surface area contributed by atoms with Crippen LogP contribution in [0, 0.1) is 17.6 Å². The van der Waals surface area contributed by atoms with E-state index in [1.165, 1.54) is 19.2 Å². The third-order valence-electron chi connectivity index (χ3n) is 7.32. The molecule has 7 nitrogen and oxygen atoms in total. The third-order valence-corrected chi connectivity index (χ3v) is 7.32. The number of ether oxygens (including phenoxy) is 2. The lowest BCUT2D eigenvalue weighted by atomic mass is 9.77. The van der Waals surface area contributed by atoms with Gasteiger partial charge in [0.2, 0.25) is 5.82 Å². The zero-order chi connectivity index (χ0) is 27.8. The highest BCUT2D eigenvalue weighted by atomic mass is 19.4. The maximum Gasteiger partial charge on any atom is 0.417 e. The summed E-state index contributed by atoms with van der Waals surface area (Å²) in [6.07, 6.45) is -5.06. The van der Waals surface area contributed by atoms with Gasteiger partial charge < -0.3 is 19.4 Å². The van der Waals surface area contributed by atoms with Crippen LogP contribution in [0.3, 0.4) is 0 Å². The molecule has 4 atom stereocenters. The first-order valence-electron chi connectivity index (χ1n) is 11.5. The van der Waals surface area contributed by atoms with E-state index in [4.69, 9.17) is 9.47 Å². The number of aromatic nitrogens is 3. The molecule has 3 aromatic rings. The molecule has 2 aromatic heterocycles. The van der Waals surface area contributed by atoms with Crippen molar-refractivity contribution in [3.05, 3.63) is 53.1 Å². The molecule has 2 aliphatic rings. The zero-order valence-electron chi connectivity index (χ0n) is 20.2. The number of halogens is 7. The minimum atomic E-state index is -4.84. The number of carbonyl (C=O) groups is 1. The molecule has 1 aromatic carbocycles. The van der Waals surface area contributed by atoms with Gasteiger partial charge in [0.25, 0.3) is 11.8 Å². The predicted octanol–water partition coefficient (Wildman–Crippen LogP) is 5.15. The van der Waals surface area contributed by atoms with Gasteiger partial charge in [0.15, 0.2) is 17.2 Å². The van der Waals surface area contributed by atoms with Crippen molar-refractivity contribution in [1.82, 2.24) is 19.9 Å². The Morgan fingerprint density at radius 1 is 1.24 bits per heavy atom. The van der Waals surface area contributed by atoms with Crippen LogP contribution in [0.1, 0.15) is 47.7 Å². The van der Waals surface area contributed by atoms with E-state index in [9.17, 15) is 35.5 Å². The Kier molecular flexibility index (Phi) is 5.89. The number of hydrogen-bond acceptors (Lipinski definition) is 5. The number of pyridine rings is 1. The van der Waals surface area contributed by atoms with Gasteiger partial charge in [0.05, 0.1) is 37.4 Å². The van der Waals surface area contributed by atoms with Gasteiger partial charge in [-0.2, -0.15) is 17.6 Å². The number of benzene rings is 1. The largest absolute Gasteiger partial charge is 0.493 e. The Labute approximate surface area is 210 Å². The summed E-state index contributed by atoms with van der Waals surface area (Å²) in [5.74, 6) is -9.45. The van der Waals surface area contributed by atoms with Crippen molar-refractivity contribution in [2.24, 2.45) is 5.92 Å². The Hall–Kier alpha value is -3.42. The molecule has 0 radical (unpaired) electrons. The summed E-state index contributed by atoms with van der Waals surface area (Å²) in [6.45, 7) is 0.640. The fourth-order valence-corrected chi connectivity index (χ4v) is 5.05. The number of H-pyrrole nitrogens is 1. The van der Waals surface area contributed by atoms with Gasteiger partial charge in [0, 0.05) is 17.4 Å². The molecule has 2 saturated heterocycles. The van der Waals surface area contributed by atoms with E-state index in [1.807, 2.05) is 0 Å². The summed E-state index contributed by atoms with van der Waals surface area (Å²) in [4.78, 5) is 24.5. The molecule has 2 fully saturated rings. The highest BCUT2D eigenvalue weighted by Crippen LogP contribution is 2.59. The quantitative estimate of drug-likeness (QED) is 0.458. The van der Waals surface area contributed by atoms with Crippen LogP contribution >= 0.6 is 0 Å². The van der Waals surface area contributed by atoms with E-state index in [-0.39, 0.29) is 28.1 Å². The second kappa shape index (κ2) is 8.55. The minimum absolute atomic E-state index is 0.0509. The van der Waals surface area contributed by atoms with Crippen molar-refractivity contribution in [2.45, 2.75) is 43.6 Å². The molecule has 1 N–H and O–H groups in total. The molecule has 0 aliphatic carbocycles. The highest BCUT2D eigenvalue weighted by Gasteiger charge is 2.65. The fraction of sp³-hybridized carbons (Fsp3) is 0.458. The van der Waals surface area contributed by atoms with Gasteiger partial charge in [-0.15, -0.1) is 0 Å². The van der Waals surface area contributed by atoms with Crippen LogP contribution in [0.15, 0.2) is 24.4 Å². The van der Waals surface area contributed by atoms with Crippen molar-refractivity contribution >= 4 is 16.9 Å². The topological polar surface area (TPSA) is 80.3 Å². The van der Waals surface area contributed by atoms with Crippen LogP contribution in [-0.2, 0) is 4.74 Å². The molecule has 0 unspecified atom stereocenters. The molecule has 14 heteroatoms. The number of aromatic amines is 1. The maximum absolute atomic E-state index is 14.6. The van der Waals surface area contributed by atoms with Gasteiger partial charge in [-0.25, -0.2) is 23.1 Å². The number of nitrogens with zero attached hydrogens (tertiary/aromatic N) is 3. The smallest absolute Gasteiger partial charge is 0.417 e. The number of rotatable bonds is 4. The van der Waals surface area contributed by atoms with Crippen LogP contribution in [0.25, 0.3) is 11.0 Å². The number of methoxy groups -OCH3 is 1. The van der Waals surface area contributed by atoms with E-state index in [0.29, 0.717) is 0 Å². The van der Waals surface area contributed by atoms with E-state index < -0.39 is 72.0 Å². The SMILES string of the molecule is COc1c([C@H]2[C@H](c3nc4cc(C(=O)N5CC(F)(F)C5)ncc4[nH]3)O[C@@](C)(C(F)(F)F)[C@H]2C)ccc(F)c1F. The summed E-state index contributed by atoms with van der Waals surface area (Å²) in [6, 6.07) is 3.16. The summed E-state index contributed by atoms with van der Waals surface area (Å²) < 4.78 is 108.